The van der Waals surface area contributed by atoms with Crippen LogP contribution in [-0.4, -0.2) is 11.9 Å². The Labute approximate surface area is 32.6 Å². The number of rotatable bonds is 0. The van der Waals surface area contributed by atoms with Gasteiger partial charge in [0.25, 0.3) is 0 Å². The standard InChI is InChI=1S/C2H4ClP/c1-4-2-3/h2H,1H3. The van der Waals surface area contributed by atoms with E-state index in [2.05, 4.69) is 0 Å². The van der Waals surface area contributed by atoms with Crippen LogP contribution in [0.2, 0.25) is 0 Å². The highest BCUT2D eigenvalue weighted by molar-refractivity contribution is 7.42. The molecule has 0 bridgehead atoms. The smallest absolute Gasteiger partial charge is 0.0271 e. The monoisotopic (exact) mass is 94.0 g/mol. The molecule has 0 N–H and O–H groups in total. The van der Waals surface area contributed by atoms with E-state index in [0.717, 1.165) is 8.20 Å². The molecule has 0 saturated carbocycles. The summed E-state index contributed by atoms with van der Waals surface area (Å²) in [4.78, 5) is 0. The maximum absolute atomic E-state index is 5.05. The second-order valence-electron chi connectivity index (χ2n) is 0.356. The van der Waals surface area contributed by atoms with Crippen LogP contribution in [-0.2, 0) is 0 Å². The van der Waals surface area contributed by atoms with Crippen LogP contribution in [0.3, 0.4) is 0 Å². The average Bonchev–Trinajstić information content (AvgIpc) is 1.37. The summed E-state index contributed by atoms with van der Waals surface area (Å²) in [6.07, 6.45) is 0. The molecule has 0 amide bonds. The molecule has 0 aromatic rings. The average molecular weight is 94.5 g/mol. The summed E-state index contributed by atoms with van der Waals surface area (Å²) >= 11 is 5.05. The third kappa shape index (κ3) is 2.46. The van der Waals surface area contributed by atoms with Crippen LogP contribution in [0.1, 0.15) is 0 Å². The predicted molar refractivity (Wildman–Crippen MR) is 24.8 cm³/mol. The Morgan fingerprint density at radius 1 is 2.00 bits per heavy atom. The van der Waals surface area contributed by atoms with Gasteiger partial charge in [-0.1, -0.05) is 19.8 Å². The maximum atomic E-state index is 5.05. The molecule has 0 aromatic heterocycles. The summed E-state index contributed by atoms with van der Waals surface area (Å²) in [6.45, 7) is 1.97. The molecular formula is C2H4ClP. The van der Waals surface area contributed by atoms with Gasteiger partial charge >= 0.3 is 0 Å². The van der Waals surface area contributed by atoms with Gasteiger partial charge in [0.2, 0.25) is 0 Å². The van der Waals surface area contributed by atoms with Gasteiger partial charge in [0.15, 0.2) is 0 Å². The summed E-state index contributed by atoms with van der Waals surface area (Å²) in [5.41, 5.74) is 0. The van der Waals surface area contributed by atoms with E-state index in [1.807, 2.05) is 6.66 Å². The van der Waals surface area contributed by atoms with Crippen molar-refractivity contribution in [1.29, 1.82) is 0 Å². The molecule has 0 heterocycles. The topological polar surface area (TPSA) is 0 Å². The number of hydrogen-bond donors (Lipinski definition) is 0. The van der Waals surface area contributed by atoms with E-state index in [-0.39, 0.29) is 0 Å². The molecule has 0 nitrogen and oxygen atoms in total. The first-order chi connectivity index (χ1) is 1.91. The number of hydrogen-bond acceptors (Lipinski definition) is 0. The first-order valence-corrected chi connectivity index (χ1v) is 2.77. The van der Waals surface area contributed by atoms with Crippen molar-refractivity contribution in [2.24, 2.45) is 0 Å². The molecule has 0 fully saturated rings. The minimum absolute atomic E-state index is 1.14. The lowest BCUT2D eigenvalue weighted by molar-refractivity contribution is 2.51. The van der Waals surface area contributed by atoms with Gasteiger partial charge in [-0.05, 0) is 6.66 Å². The van der Waals surface area contributed by atoms with Crippen molar-refractivity contribution in [3.05, 3.63) is 0 Å². The molecule has 0 aliphatic heterocycles. The summed E-state index contributed by atoms with van der Waals surface area (Å²) in [5.74, 6) is 0. The van der Waals surface area contributed by atoms with Crippen LogP contribution < -0.4 is 0 Å². The van der Waals surface area contributed by atoms with E-state index >= 15 is 0 Å². The van der Waals surface area contributed by atoms with Crippen molar-refractivity contribution >= 4 is 25.1 Å². The molecular weight excluding hydrogens is 90.4 g/mol. The molecule has 0 spiro atoms. The summed E-state index contributed by atoms with van der Waals surface area (Å²) < 4.78 is 0. The van der Waals surface area contributed by atoms with E-state index < -0.39 is 0 Å². The van der Waals surface area contributed by atoms with E-state index in [0.29, 0.717) is 0 Å². The maximum Gasteiger partial charge on any atom is 0.0271 e. The highest BCUT2D eigenvalue weighted by Crippen LogP contribution is 1.79. The third-order valence-corrected chi connectivity index (χ3v) is 0.878. The lowest BCUT2D eigenvalue weighted by Gasteiger charge is -1.46. The Morgan fingerprint density at radius 3 is 2.25 bits per heavy atom. The molecule has 0 atom stereocenters. The van der Waals surface area contributed by atoms with Crippen LogP contribution in [0.25, 0.3) is 0 Å². The van der Waals surface area contributed by atoms with Gasteiger partial charge in [-0.15, -0.1) is 0 Å². The minimum Gasteiger partial charge on any atom is -0.0955 e. The Morgan fingerprint density at radius 2 is 2.25 bits per heavy atom. The van der Waals surface area contributed by atoms with Crippen molar-refractivity contribution in [3.63, 3.8) is 0 Å². The fraction of sp³-hybridized carbons (Fsp3) is 0.500. The Bertz CT molecular complexity index is 21.2. The van der Waals surface area contributed by atoms with Crippen molar-refractivity contribution < 1.29 is 0 Å². The zero-order chi connectivity index (χ0) is 3.41. The molecule has 0 aliphatic carbocycles. The Balaban J connectivity index is 2.55. The SMILES string of the molecule is CP=CCl. The molecule has 0 aliphatic rings. The largest absolute Gasteiger partial charge is 0.0955 e. The second-order valence-corrected chi connectivity index (χ2v) is 1.65. The van der Waals surface area contributed by atoms with E-state index in [1.165, 1.54) is 0 Å². The normalized spacial score (nSPS) is 9.50. The molecule has 0 saturated heterocycles. The molecule has 24 valence electrons. The summed E-state index contributed by atoms with van der Waals surface area (Å²) in [5, 5.41) is 1.57. The molecule has 4 heavy (non-hydrogen) atoms. The zero-order valence-electron chi connectivity index (χ0n) is 2.40. The fourth-order valence-corrected chi connectivity index (χ4v) is 0. The summed E-state index contributed by atoms with van der Waals surface area (Å²) in [7, 11) is 1.14. The van der Waals surface area contributed by atoms with E-state index in [9.17, 15) is 0 Å². The van der Waals surface area contributed by atoms with Gasteiger partial charge in [0.1, 0.15) is 0 Å². The second kappa shape index (κ2) is 3.46. The van der Waals surface area contributed by atoms with Crippen molar-refractivity contribution in [3.8, 4) is 0 Å². The lowest BCUT2D eigenvalue weighted by atomic mass is 11.9. The predicted octanol–water partition coefficient (Wildman–Crippen LogP) is 1.56. The van der Waals surface area contributed by atoms with Crippen LogP contribution >= 0.6 is 19.8 Å². The van der Waals surface area contributed by atoms with Crippen molar-refractivity contribution in [2.75, 3.05) is 6.66 Å². The van der Waals surface area contributed by atoms with Crippen molar-refractivity contribution in [2.45, 2.75) is 0 Å². The lowest BCUT2D eigenvalue weighted by Crippen LogP contribution is -1.24. The highest BCUT2D eigenvalue weighted by atomic mass is 35.5. The van der Waals surface area contributed by atoms with E-state index in [4.69, 9.17) is 11.6 Å². The quantitative estimate of drug-likeness (QED) is 0.400. The van der Waals surface area contributed by atoms with Crippen LogP contribution in [0.5, 0.6) is 0 Å². The third-order valence-electron chi connectivity index (χ3n) is 0.0976. The van der Waals surface area contributed by atoms with Crippen LogP contribution in [0, 0.1) is 0 Å². The van der Waals surface area contributed by atoms with Gasteiger partial charge in [-0.25, -0.2) is 0 Å². The van der Waals surface area contributed by atoms with Gasteiger partial charge in [0.05, 0.1) is 0 Å². The fourth-order valence-electron chi connectivity index (χ4n) is 0. The first kappa shape index (κ1) is 4.46. The van der Waals surface area contributed by atoms with Crippen molar-refractivity contribution in [1.82, 2.24) is 0 Å². The van der Waals surface area contributed by atoms with Gasteiger partial charge in [0, 0.05) is 5.26 Å². The van der Waals surface area contributed by atoms with Crippen LogP contribution in [0.15, 0.2) is 0 Å². The molecule has 2 heteroatoms. The highest BCUT2D eigenvalue weighted by Gasteiger charge is 1.38. The summed E-state index contributed by atoms with van der Waals surface area (Å²) in [6, 6.07) is 0. The first-order valence-electron chi connectivity index (χ1n) is 0.924. The van der Waals surface area contributed by atoms with Gasteiger partial charge < -0.3 is 0 Å². The van der Waals surface area contributed by atoms with E-state index in [1.54, 1.807) is 5.26 Å². The Kier molecular flexibility index (Phi) is 3.86. The number of halogens is 1. The molecule has 0 aromatic carbocycles. The minimum atomic E-state index is 1.14. The molecule has 0 rings (SSSR count). The zero-order valence-corrected chi connectivity index (χ0v) is 4.05. The molecule has 0 unspecified atom stereocenters. The molecule has 0 radical (unpaired) electrons. The van der Waals surface area contributed by atoms with Gasteiger partial charge in [-0.3, -0.25) is 0 Å². The van der Waals surface area contributed by atoms with Crippen LogP contribution in [0.4, 0.5) is 0 Å². The van der Waals surface area contributed by atoms with Gasteiger partial charge in [-0.2, -0.15) is 0 Å². The Hall–Kier alpha value is 0.460.